The molecule has 0 saturated carbocycles. The molecule has 4 rings (SSSR count). The van der Waals surface area contributed by atoms with E-state index in [1.807, 2.05) is 54.6 Å². The Morgan fingerprint density at radius 2 is 1.80 bits per heavy atom. The zero-order valence-corrected chi connectivity index (χ0v) is 17.7. The van der Waals surface area contributed by atoms with Gasteiger partial charge in [-0.25, -0.2) is 4.79 Å². The first kappa shape index (κ1) is 20.2. The lowest BCUT2D eigenvalue weighted by atomic mass is 9.96. The minimum absolute atomic E-state index is 0.260. The van der Waals surface area contributed by atoms with Crippen LogP contribution >= 0.6 is 23.8 Å². The number of ether oxygens (including phenoxy) is 1. The van der Waals surface area contributed by atoms with E-state index >= 15 is 0 Å². The van der Waals surface area contributed by atoms with Crippen LogP contribution in [-0.2, 0) is 9.53 Å². The standard InChI is InChI=1S/C23H19ClN2O3S/c1-2-28-22(27)19-20(15-6-4-3-5-7-15)25-23(30)26-21(19)18-13-12-17(29-18)14-8-10-16(24)11-9-14/h3-13,21H,2H2,1H3,(H2,25,26,30)/t21-/m1/s1. The molecule has 2 N–H and O–H groups in total. The third kappa shape index (κ3) is 4.10. The quantitative estimate of drug-likeness (QED) is 0.427. The number of carbonyl (C=O) groups is 1. The van der Waals surface area contributed by atoms with E-state index in [0.29, 0.717) is 32.9 Å². The highest BCUT2D eigenvalue weighted by atomic mass is 35.5. The number of benzene rings is 2. The zero-order chi connectivity index (χ0) is 21.1. The van der Waals surface area contributed by atoms with Crippen molar-refractivity contribution in [2.24, 2.45) is 0 Å². The second-order valence-corrected chi connectivity index (χ2v) is 7.46. The van der Waals surface area contributed by atoms with E-state index < -0.39 is 12.0 Å². The Morgan fingerprint density at radius 1 is 1.07 bits per heavy atom. The Labute approximate surface area is 184 Å². The SMILES string of the molecule is CCOC(=O)C1=C(c2ccccc2)NC(=S)N[C@@H]1c1ccc(-c2ccc(Cl)cc2)o1. The molecule has 3 aromatic rings. The maximum absolute atomic E-state index is 12.9. The number of rotatable bonds is 5. The van der Waals surface area contributed by atoms with E-state index in [9.17, 15) is 4.79 Å². The third-order valence-corrected chi connectivity index (χ3v) is 5.14. The highest BCUT2D eigenvalue weighted by Gasteiger charge is 2.35. The van der Waals surface area contributed by atoms with Crippen molar-refractivity contribution in [3.63, 3.8) is 0 Å². The average Bonchev–Trinajstić information content (AvgIpc) is 3.24. The lowest BCUT2D eigenvalue weighted by Gasteiger charge is -2.29. The van der Waals surface area contributed by atoms with Crippen molar-refractivity contribution in [3.05, 3.63) is 88.6 Å². The average molecular weight is 439 g/mol. The van der Waals surface area contributed by atoms with Gasteiger partial charge in [0.25, 0.3) is 0 Å². The van der Waals surface area contributed by atoms with Gasteiger partial charge in [0, 0.05) is 10.6 Å². The fourth-order valence-corrected chi connectivity index (χ4v) is 3.66. The number of thiocarbonyl (C=S) groups is 1. The molecule has 152 valence electrons. The largest absolute Gasteiger partial charge is 0.463 e. The number of nitrogens with one attached hydrogen (secondary N) is 2. The number of hydrogen-bond acceptors (Lipinski definition) is 4. The number of halogens is 1. The summed E-state index contributed by atoms with van der Waals surface area (Å²) in [6.45, 7) is 2.03. The van der Waals surface area contributed by atoms with Gasteiger partial charge in [0.15, 0.2) is 5.11 Å². The number of hydrogen-bond donors (Lipinski definition) is 2. The van der Waals surface area contributed by atoms with E-state index in [-0.39, 0.29) is 6.61 Å². The van der Waals surface area contributed by atoms with Gasteiger partial charge in [0.1, 0.15) is 17.6 Å². The smallest absolute Gasteiger partial charge is 0.338 e. The maximum Gasteiger partial charge on any atom is 0.338 e. The summed E-state index contributed by atoms with van der Waals surface area (Å²) in [5.74, 6) is 0.783. The monoisotopic (exact) mass is 438 g/mol. The Hall–Kier alpha value is -3.09. The summed E-state index contributed by atoms with van der Waals surface area (Å²) in [5.41, 5.74) is 2.73. The Balaban J connectivity index is 1.80. The number of furan rings is 1. The summed E-state index contributed by atoms with van der Waals surface area (Å²) in [6, 6.07) is 20.0. The highest BCUT2D eigenvalue weighted by Crippen LogP contribution is 2.35. The molecule has 0 unspecified atom stereocenters. The third-order valence-electron chi connectivity index (χ3n) is 4.67. The molecule has 7 heteroatoms. The van der Waals surface area contributed by atoms with Gasteiger partial charge < -0.3 is 19.8 Å². The summed E-state index contributed by atoms with van der Waals surface area (Å²) < 4.78 is 11.5. The van der Waals surface area contributed by atoms with E-state index in [4.69, 9.17) is 33.0 Å². The van der Waals surface area contributed by atoms with Crippen LogP contribution in [0.15, 0.2) is 76.7 Å². The van der Waals surface area contributed by atoms with Crippen molar-refractivity contribution in [2.75, 3.05) is 6.61 Å². The van der Waals surface area contributed by atoms with Crippen molar-refractivity contribution < 1.29 is 13.9 Å². The lowest BCUT2D eigenvalue weighted by molar-refractivity contribution is -0.138. The van der Waals surface area contributed by atoms with Crippen LogP contribution in [0, 0.1) is 0 Å². The van der Waals surface area contributed by atoms with Crippen molar-refractivity contribution in [1.82, 2.24) is 10.6 Å². The number of carbonyl (C=O) groups excluding carboxylic acids is 1. The van der Waals surface area contributed by atoms with Crippen molar-refractivity contribution in [3.8, 4) is 11.3 Å². The van der Waals surface area contributed by atoms with Gasteiger partial charge in [0.2, 0.25) is 0 Å². The van der Waals surface area contributed by atoms with E-state index in [2.05, 4.69) is 10.6 Å². The van der Waals surface area contributed by atoms with Crippen molar-refractivity contribution in [1.29, 1.82) is 0 Å². The van der Waals surface area contributed by atoms with Crippen LogP contribution in [0.25, 0.3) is 17.0 Å². The molecule has 1 atom stereocenters. The van der Waals surface area contributed by atoms with Gasteiger partial charge in [-0.2, -0.15) is 0 Å². The first-order valence-corrected chi connectivity index (χ1v) is 10.3. The molecular weight excluding hydrogens is 420 g/mol. The Kier molecular flexibility index (Phi) is 5.88. The molecule has 1 aliphatic heterocycles. The zero-order valence-electron chi connectivity index (χ0n) is 16.1. The molecule has 2 heterocycles. The van der Waals surface area contributed by atoms with Crippen LogP contribution in [0.4, 0.5) is 0 Å². The molecule has 1 aliphatic rings. The molecule has 0 fully saturated rings. The van der Waals surface area contributed by atoms with Crippen LogP contribution in [0.3, 0.4) is 0 Å². The molecule has 5 nitrogen and oxygen atoms in total. The summed E-state index contributed by atoms with van der Waals surface area (Å²) >= 11 is 11.4. The second kappa shape index (κ2) is 8.73. The molecule has 30 heavy (non-hydrogen) atoms. The van der Waals surface area contributed by atoms with E-state index in [1.165, 1.54) is 0 Å². The molecule has 0 saturated heterocycles. The Bertz CT molecular complexity index is 1110. The molecule has 2 aromatic carbocycles. The molecule has 0 amide bonds. The molecule has 1 aromatic heterocycles. The minimum Gasteiger partial charge on any atom is -0.463 e. The van der Waals surface area contributed by atoms with Crippen molar-refractivity contribution >= 4 is 40.6 Å². The molecule has 0 radical (unpaired) electrons. The molecule has 0 aliphatic carbocycles. The van der Waals surface area contributed by atoms with Crippen LogP contribution in [-0.4, -0.2) is 17.7 Å². The van der Waals surface area contributed by atoms with Gasteiger partial charge in [-0.3, -0.25) is 0 Å². The molecule has 0 spiro atoms. The summed E-state index contributed by atoms with van der Waals surface area (Å²) in [4.78, 5) is 12.9. The summed E-state index contributed by atoms with van der Waals surface area (Å²) in [7, 11) is 0. The summed E-state index contributed by atoms with van der Waals surface area (Å²) in [6.07, 6.45) is 0. The topological polar surface area (TPSA) is 63.5 Å². The number of esters is 1. The Morgan fingerprint density at radius 3 is 2.50 bits per heavy atom. The fraction of sp³-hybridized carbons (Fsp3) is 0.130. The maximum atomic E-state index is 12.9. The first-order chi connectivity index (χ1) is 14.6. The minimum atomic E-state index is -0.589. The molecular formula is C23H19ClN2O3S. The summed E-state index contributed by atoms with van der Waals surface area (Å²) in [5, 5.41) is 7.30. The normalized spacial score (nSPS) is 16.1. The highest BCUT2D eigenvalue weighted by molar-refractivity contribution is 7.80. The molecule has 0 bridgehead atoms. The fourth-order valence-electron chi connectivity index (χ4n) is 3.32. The van der Waals surface area contributed by atoms with E-state index in [0.717, 1.165) is 11.1 Å². The van der Waals surface area contributed by atoms with Crippen LogP contribution < -0.4 is 10.6 Å². The van der Waals surface area contributed by atoms with Crippen LogP contribution in [0.5, 0.6) is 0 Å². The van der Waals surface area contributed by atoms with Gasteiger partial charge in [-0.05, 0) is 61.1 Å². The predicted molar refractivity (Wildman–Crippen MR) is 121 cm³/mol. The van der Waals surface area contributed by atoms with Gasteiger partial charge in [-0.15, -0.1) is 0 Å². The predicted octanol–water partition coefficient (Wildman–Crippen LogP) is 5.09. The van der Waals surface area contributed by atoms with Crippen LogP contribution in [0.1, 0.15) is 24.3 Å². The second-order valence-electron chi connectivity index (χ2n) is 6.62. The lowest BCUT2D eigenvalue weighted by Crippen LogP contribution is -2.45. The van der Waals surface area contributed by atoms with Gasteiger partial charge >= 0.3 is 5.97 Å². The van der Waals surface area contributed by atoms with Crippen molar-refractivity contribution in [2.45, 2.75) is 13.0 Å². The van der Waals surface area contributed by atoms with Gasteiger partial charge in [0.05, 0.1) is 17.9 Å². The van der Waals surface area contributed by atoms with E-state index in [1.54, 1.807) is 19.1 Å². The first-order valence-electron chi connectivity index (χ1n) is 9.46. The van der Waals surface area contributed by atoms with Gasteiger partial charge in [-0.1, -0.05) is 41.9 Å². The van der Waals surface area contributed by atoms with Crippen LogP contribution in [0.2, 0.25) is 5.02 Å².